The molecular weight excluding hydrogens is 262 g/mol. The highest BCUT2D eigenvalue weighted by Crippen LogP contribution is 2.30. The molecule has 3 rings (SSSR count). The second kappa shape index (κ2) is 6.00. The zero-order valence-electron chi connectivity index (χ0n) is 11.9. The second-order valence-electron chi connectivity index (χ2n) is 5.60. The van der Waals surface area contributed by atoms with Crippen molar-refractivity contribution in [3.8, 4) is 5.75 Å². The Kier molecular flexibility index (Phi) is 3.91. The van der Waals surface area contributed by atoms with Gasteiger partial charge in [0.15, 0.2) is 0 Å². The van der Waals surface area contributed by atoms with Crippen LogP contribution < -0.4 is 5.56 Å². The van der Waals surface area contributed by atoms with Gasteiger partial charge in [-0.25, -0.2) is 0 Å². The van der Waals surface area contributed by atoms with Gasteiger partial charge in [-0.15, -0.1) is 0 Å². The molecule has 1 aromatic heterocycles. The average Bonchev–Trinajstić information content (AvgIpc) is 3.31. The molecule has 108 valence electrons. The molecule has 21 heavy (non-hydrogen) atoms. The van der Waals surface area contributed by atoms with Crippen molar-refractivity contribution in [1.82, 2.24) is 4.57 Å². The number of pyridine rings is 1. The van der Waals surface area contributed by atoms with Crippen molar-refractivity contribution >= 4 is 6.08 Å². The Hall–Kier alpha value is -2.29. The lowest BCUT2D eigenvalue weighted by atomic mass is 10.1. The molecule has 0 aliphatic heterocycles. The third kappa shape index (κ3) is 3.43. The third-order valence-corrected chi connectivity index (χ3v) is 3.82. The molecule has 1 heterocycles. The van der Waals surface area contributed by atoms with Crippen LogP contribution in [0.2, 0.25) is 0 Å². The molecule has 1 aromatic carbocycles. The Morgan fingerprint density at radius 1 is 1.19 bits per heavy atom. The fourth-order valence-corrected chi connectivity index (χ4v) is 2.40. The van der Waals surface area contributed by atoms with Crippen molar-refractivity contribution < 1.29 is 5.11 Å². The van der Waals surface area contributed by atoms with Crippen LogP contribution in [0.3, 0.4) is 0 Å². The standard InChI is InChI=1S/C18H19NO2/c20-17-11-12-19(13-15-9-10-15)18(21)16(17)8-4-7-14-5-2-1-3-6-14/h1-7,11-12,15,20H,8-10,13H2/b7-4+. The van der Waals surface area contributed by atoms with Gasteiger partial charge < -0.3 is 9.67 Å². The zero-order chi connectivity index (χ0) is 14.7. The van der Waals surface area contributed by atoms with Crippen LogP contribution in [0.15, 0.2) is 53.5 Å². The molecule has 0 atom stereocenters. The molecule has 3 heteroatoms. The minimum Gasteiger partial charge on any atom is -0.507 e. The summed E-state index contributed by atoms with van der Waals surface area (Å²) in [5, 5.41) is 9.92. The fraction of sp³-hybridized carbons (Fsp3) is 0.278. The third-order valence-electron chi connectivity index (χ3n) is 3.82. The lowest BCUT2D eigenvalue weighted by molar-refractivity contribution is 0.462. The van der Waals surface area contributed by atoms with E-state index in [2.05, 4.69) is 0 Å². The Labute approximate surface area is 124 Å². The van der Waals surface area contributed by atoms with E-state index < -0.39 is 0 Å². The van der Waals surface area contributed by atoms with Gasteiger partial charge in [-0.2, -0.15) is 0 Å². The van der Waals surface area contributed by atoms with Crippen molar-refractivity contribution in [3.63, 3.8) is 0 Å². The fourth-order valence-electron chi connectivity index (χ4n) is 2.40. The molecule has 3 nitrogen and oxygen atoms in total. The summed E-state index contributed by atoms with van der Waals surface area (Å²) in [6, 6.07) is 11.6. The molecular formula is C18H19NO2. The minimum absolute atomic E-state index is 0.0698. The molecule has 0 saturated heterocycles. The molecule has 1 aliphatic carbocycles. The zero-order valence-corrected chi connectivity index (χ0v) is 11.9. The van der Waals surface area contributed by atoms with Gasteiger partial charge in [0.1, 0.15) is 5.75 Å². The number of benzene rings is 1. The Bertz CT molecular complexity index is 697. The maximum atomic E-state index is 12.4. The summed E-state index contributed by atoms with van der Waals surface area (Å²) in [6.07, 6.45) is 8.45. The van der Waals surface area contributed by atoms with Crippen molar-refractivity contribution in [1.29, 1.82) is 0 Å². The molecule has 0 amide bonds. The summed E-state index contributed by atoms with van der Waals surface area (Å²) in [5.74, 6) is 0.727. The molecule has 0 spiro atoms. The van der Waals surface area contributed by atoms with Crippen LogP contribution in [0.25, 0.3) is 6.08 Å². The first-order valence-electron chi connectivity index (χ1n) is 7.37. The SMILES string of the molecule is O=c1c(C/C=C/c2ccccc2)c(O)ccn1CC1CC1. The summed E-state index contributed by atoms with van der Waals surface area (Å²) in [6.45, 7) is 0.772. The predicted octanol–water partition coefficient (Wildman–Crippen LogP) is 3.22. The van der Waals surface area contributed by atoms with Gasteiger partial charge in [0, 0.05) is 12.7 Å². The van der Waals surface area contributed by atoms with E-state index in [1.165, 1.54) is 12.8 Å². The number of allylic oxidation sites excluding steroid dienone is 1. The molecule has 1 fully saturated rings. The number of aromatic nitrogens is 1. The smallest absolute Gasteiger partial charge is 0.257 e. The quantitative estimate of drug-likeness (QED) is 0.914. The Morgan fingerprint density at radius 3 is 2.67 bits per heavy atom. The molecule has 1 saturated carbocycles. The van der Waals surface area contributed by atoms with Crippen molar-refractivity contribution in [2.75, 3.05) is 0 Å². The number of aromatic hydroxyl groups is 1. The number of hydrogen-bond donors (Lipinski definition) is 1. The van der Waals surface area contributed by atoms with Crippen molar-refractivity contribution in [2.24, 2.45) is 5.92 Å². The van der Waals surface area contributed by atoms with E-state index in [0.29, 0.717) is 17.9 Å². The molecule has 1 N–H and O–H groups in total. The highest BCUT2D eigenvalue weighted by Gasteiger charge is 2.22. The topological polar surface area (TPSA) is 42.2 Å². The molecule has 0 unspecified atom stereocenters. The van der Waals surface area contributed by atoms with Gasteiger partial charge in [-0.3, -0.25) is 4.79 Å². The van der Waals surface area contributed by atoms with E-state index >= 15 is 0 Å². The largest absolute Gasteiger partial charge is 0.507 e. The van der Waals surface area contributed by atoms with Crippen LogP contribution >= 0.6 is 0 Å². The number of rotatable bonds is 5. The Balaban J connectivity index is 1.77. The predicted molar refractivity (Wildman–Crippen MR) is 84.3 cm³/mol. The summed E-state index contributed by atoms with van der Waals surface area (Å²) < 4.78 is 1.73. The highest BCUT2D eigenvalue weighted by atomic mass is 16.3. The van der Waals surface area contributed by atoms with Gasteiger partial charge >= 0.3 is 0 Å². The van der Waals surface area contributed by atoms with Crippen molar-refractivity contribution in [2.45, 2.75) is 25.8 Å². The van der Waals surface area contributed by atoms with Crippen LogP contribution in [0, 0.1) is 5.92 Å². The average molecular weight is 281 g/mol. The summed E-state index contributed by atoms with van der Waals surface area (Å²) in [4.78, 5) is 12.4. The van der Waals surface area contributed by atoms with Gasteiger partial charge in [-0.1, -0.05) is 42.5 Å². The van der Waals surface area contributed by atoms with Crippen LogP contribution in [-0.4, -0.2) is 9.67 Å². The van der Waals surface area contributed by atoms with E-state index in [0.717, 1.165) is 12.1 Å². The van der Waals surface area contributed by atoms with E-state index in [9.17, 15) is 9.90 Å². The van der Waals surface area contributed by atoms with Crippen LogP contribution in [0.4, 0.5) is 0 Å². The maximum Gasteiger partial charge on any atom is 0.257 e. The number of nitrogens with zero attached hydrogens (tertiary/aromatic N) is 1. The summed E-state index contributed by atoms with van der Waals surface area (Å²) in [7, 11) is 0. The molecule has 1 aliphatic rings. The van der Waals surface area contributed by atoms with Gasteiger partial charge in [-0.05, 0) is 36.8 Å². The van der Waals surface area contributed by atoms with Crippen LogP contribution in [0.5, 0.6) is 5.75 Å². The monoisotopic (exact) mass is 281 g/mol. The highest BCUT2D eigenvalue weighted by molar-refractivity contribution is 5.49. The normalized spacial score (nSPS) is 14.7. The van der Waals surface area contributed by atoms with Crippen molar-refractivity contribution in [3.05, 3.63) is 70.2 Å². The maximum absolute atomic E-state index is 12.4. The van der Waals surface area contributed by atoms with Gasteiger partial charge in [0.25, 0.3) is 5.56 Å². The van der Waals surface area contributed by atoms with Gasteiger partial charge in [0.05, 0.1) is 5.56 Å². The van der Waals surface area contributed by atoms with Gasteiger partial charge in [0.2, 0.25) is 0 Å². The molecule has 0 bridgehead atoms. The first-order chi connectivity index (χ1) is 10.2. The first-order valence-corrected chi connectivity index (χ1v) is 7.37. The van der Waals surface area contributed by atoms with E-state index in [-0.39, 0.29) is 11.3 Å². The molecule has 0 radical (unpaired) electrons. The summed E-state index contributed by atoms with van der Waals surface area (Å²) >= 11 is 0. The number of hydrogen-bond acceptors (Lipinski definition) is 2. The lowest BCUT2D eigenvalue weighted by Gasteiger charge is -2.08. The van der Waals surface area contributed by atoms with Crippen LogP contribution in [0.1, 0.15) is 24.0 Å². The minimum atomic E-state index is -0.0698. The molecule has 2 aromatic rings. The summed E-state index contributed by atoms with van der Waals surface area (Å²) in [5.41, 5.74) is 1.50. The first kappa shape index (κ1) is 13.7. The van der Waals surface area contributed by atoms with E-state index in [1.54, 1.807) is 16.8 Å². The Morgan fingerprint density at radius 2 is 1.95 bits per heavy atom. The lowest BCUT2D eigenvalue weighted by Crippen LogP contribution is -2.23. The van der Waals surface area contributed by atoms with E-state index in [1.807, 2.05) is 42.5 Å². The van der Waals surface area contributed by atoms with Crippen LogP contribution in [-0.2, 0) is 13.0 Å². The second-order valence-corrected chi connectivity index (χ2v) is 5.60. The van der Waals surface area contributed by atoms with E-state index in [4.69, 9.17) is 0 Å².